The molecule has 138 valence electrons. The maximum atomic E-state index is 12.0. The summed E-state index contributed by atoms with van der Waals surface area (Å²) >= 11 is 0. The van der Waals surface area contributed by atoms with Crippen LogP contribution in [0.15, 0.2) is 0 Å². The predicted molar refractivity (Wildman–Crippen MR) is 99.4 cm³/mol. The van der Waals surface area contributed by atoms with Gasteiger partial charge in [-0.2, -0.15) is 0 Å². The van der Waals surface area contributed by atoms with Gasteiger partial charge in [0.1, 0.15) is 19.7 Å². The molecule has 0 aliphatic rings. The van der Waals surface area contributed by atoms with Gasteiger partial charge in [-0.1, -0.05) is 33.9 Å². The van der Waals surface area contributed by atoms with E-state index >= 15 is 0 Å². The SMILES string of the molecule is CCOC(=O)C(CC#C[Si](C)(C)C(C)(C)C)NC(=O)OC(C)(C)C. The Morgan fingerprint density at radius 1 is 1.12 bits per heavy atom. The van der Waals surface area contributed by atoms with Crippen molar-refractivity contribution in [3.8, 4) is 11.5 Å². The molecule has 0 bridgehead atoms. The monoisotopic (exact) mass is 355 g/mol. The largest absolute Gasteiger partial charge is 0.464 e. The summed E-state index contributed by atoms with van der Waals surface area (Å²) < 4.78 is 10.2. The standard InChI is InChI=1S/C18H33NO4Si/c1-10-22-15(20)14(19-16(21)23-17(2,3)4)12-11-13-24(8,9)18(5,6)7/h14H,10,12H2,1-9H3,(H,19,21). The van der Waals surface area contributed by atoms with Gasteiger partial charge in [-0.15, -0.1) is 11.5 Å². The molecule has 6 heteroatoms. The summed E-state index contributed by atoms with van der Waals surface area (Å²) in [7, 11) is -1.76. The van der Waals surface area contributed by atoms with Crippen molar-refractivity contribution >= 4 is 20.1 Å². The lowest BCUT2D eigenvalue weighted by Crippen LogP contribution is -2.44. The summed E-state index contributed by atoms with van der Waals surface area (Å²) in [5, 5.41) is 2.70. The van der Waals surface area contributed by atoms with Gasteiger partial charge in [0.05, 0.1) is 6.61 Å². The fraction of sp³-hybridized carbons (Fsp3) is 0.778. The van der Waals surface area contributed by atoms with E-state index in [1.807, 2.05) is 0 Å². The summed E-state index contributed by atoms with van der Waals surface area (Å²) in [5.41, 5.74) is 2.71. The first-order valence-corrected chi connectivity index (χ1v) is 11.4. The van der Waals surface area contributed by atoms with Gasteiger partial charge in [0.2, 0.25) is 0 Å². The van der Waals surface area contributed by atoms with Crippen molar-refractivity contribution in [1.29, 1.82) is 0 Å². The van der Waals surface area contributed by atoms with Crippen LogP contribution in [0.1, 0.15) is 54.9 Å². The lowest BCUT2D eigenvalue weighted by atomic mass is 10.2. The third-order valence-electron chi connectivity index (χ3n) is 3.84. The van der Waals surface area contributed by atoms with Crippen LogP contribution in [0.2, 0.25) is 18.1 Å². The number of carbonyl (C=O) groups excluding carboxylic acids is 2. The van der Waals surface area contributed by atoms with Crippen molar-refractivity contribution in [2.45, 2.75) is 84.7 Å². The summed E-state index contributed by atoms with van der Waals surface area (Å²) in [5.74, 6) is 2.59. The average Bonchev–Trinajstić information content (AvgIpc) is 2.33. The highest BCUT2D eigenvalue weighted by atomic mass is 28.3. The van der Waals surface area contributed by atoms with Crippen molar-refractivity contribution in [2.75, 3.05) is 6.61 Å². The Morgan fingerprint density at radius 3 is 2.08 bits per heavy atom. The molecule has 1 amide bonds. The van der Waals surface area contributed by atoms with Crippen LogP contribution >= 0.6 is 0 Å². The van der Waals surface area contributed by atoms with Gasteiger partial charge in [0, 0.05) is 6.42 Å². The second-order valence-corrected chi connectivity index (χ2v) is 13.3. The van der Waals surface area contributed by atoms with Gasteiger partial charge in [0.25, 0.3) is 0 Å². The van der Waals surface area contributed by atoms with E-state index in [0.717, 1.165) is 0 Å². The molecule has 0 saturated carbocycles. The Labute approximate surface area is 147 Å². The molecule has 0 heterocycles. The molecule has 0 aromatic carbocycles. The molecule has 0 fully saturated rings. The molecule has 0 aliphatic carbocycles. The first kappa shape index (κ1) is 22.5. The molecular formula is C18H33NO4Si. The van der Waals surface area contributed by atoms with Crippen LogP contribution in [0.25, 0.3) is 0 Å². The molecule has 0 aliphatic heterocycles. The van der Waals surface area contributed by atoms with E-state index in [-0.39, 0.29) is 18.1 Å². The van der Waals surface area contributed by atoms with Crippen molar-refractivity contribution in [2.24, 2.45) is 0 Å². The lowest BCUT2D eigenvalue weighted by molar-refractivity contribution is -0.145. The van der Waals surface area contributed by atoms with Gasteiger partial charge in [-0.3, -0.25) is 0 Å². The Kier molecular flexibility index (Phi) is 8.04. The molecule has 0 aromatic heterocycles. The number of carbonyl (C=O) groups is 2. The number of rotatable bonds is 4. The zero-order valence-electron chi connectivity index (χ0n) is 16.6. The van der Waals surface area contributed by atoms with Crippen molar-refractivity contribution < 1.29 is 19.1 Å². The molecule has 0 radical (unpaired) electrons. The first-order chi connectivity index (χ1) is 10.7. The predicted octanol–water partition coefficient (Wildman–Crippen LogP) is 3.88. The summed E-state index contributed by atoms with van der Waals surface area (Å²) in [6.07, 6.45) is -0.431. The molecular weight excluding hydrogens is 322 g/mol. The topological polar surface area (TPSA) is 64.6 Å². The van der Waals surface area contributed by atoms with Gasteiger partial charge in [-0.05, 0) is 32.7 Å². The van der Waals surface area contributed by atoms with E-state index in [9.17, 15) is 9.59 Å². The van der Waals surface area contributed by atoms with Crippen LogP contribution in [0, 0.1) is 11.5 Å². The highest BCUT2D eigenvalue weighted by Crippen LogP contribution is 2.35. The smallest absolute Gasteiger partial charge is 0.408 e. The molecule has 0 saturated heterocycles. The maximum absolute atomic E-state index is 12.0. The summed E-state index contributed by atoms with van der Waals surface area (Å²) in [6, 6.07) is -0.822. The minimum atomic E-state index is -1.76. The molecule has 0 spiro atoms. The molecule has 24 heavy (non-hydrogen) atoms. The zero-order valence-corrected chi connectivity index (χ0v) is 17.6. The summed E-state index contributed by atoms with van der Waals surface area (Å²) in [6.45, 7) is 18.2. The molecule has 1 unspecified atom stereocenters. The Morgan fingerprint density at radius 2 is 1.67 bits per heavy atom. The third kappa shape index (κ3) is 8.39. The van der Waals surface area contributed by atoms with Gasteiger partial charge >= 0.3 is 12.1 Å². The van der Waals surface area contributed by atoms with Crippen LogP contribution in [0.5, 0.6) is 0 Å². The molecule has 1 atom stereocenters. The number of ether oxygens (including phenoxy) is 2. The van der Waals surface area contributed by atoms with Crippen LogP contribution in [0.4, 0.5) is 4.79 Å². The van der Waals surface area contributed by atoms with E-state index in [4.69, 9.17) is 9.47 Å². The number of nitrogens with one attached hydrogen (secondary N) is 1. The maximum Gasteiger partial charge on any atom is 0.408 e. The number of alkyl carbamates (subject to hydrolysis) is 1. The quantitative estimate of drug-likeness (QED) is 0.472. The second kappa shape index (κ2) is 8.57. The first-order valence-electron chi connectivity index (χ1n) is 8.36. The Hall–Kier alpha value is -1.48. The fourth-order valence-electron chi connectivity index (χ4n) is 1.45. The van der Waals surface area contributed by atoms with Crippen molar-refractivity contribution in [3.63, 3.8) is 0 Å². The molecule has 1 N–H and O–H groups in total. The average molecular weight is 356 g/mol. The normalized spacial score (nSPS) is 13.4. The minimum absolute atomic E-state index is 0.137. The van der Waals surface area contributed by atoms with Gasteiger partial charge in [-0.25, -0.2) is 9.59 Å². The third-order valence-corrected chi connectivity index (χ3v) is 8.40. The minimum Gasteiger partial charge on any atom is -0.464 e. The highest BCUT2D eigenvalue weighted by Gasteiger charge is 2.33. The second-order valence-electron chi connectivity index (χ2n) is 8.33. The Balaban J connectivity index is 5.07. The van der Waals surface area contributed by atoms with E-state index in [2.05, 4.69) is 50.6 Å². The van der Waals surface area contributed by atoms with Crippen LogP contribution in [-0.2, 0) is 14.3 Å². The van der Waals surface area contributed by atoms with Crippen LogP contribution in [0.3, 0.4) is 0 Å². The highest BCUT2D eigenvalue weighted by molar-refractivity contribution is 6.87. The van der Waals surface area contributed by atoms with E-state index in [1.54, 1.807) is 27.7 Å². The number of hydrogen-bond donors (Lipinski definition) is 1. The van der Waals surface area contributed by atoms with Crippen molar-refractivity contribution in [1.82, 2.24) is 5.32 Å². The van der Waals surface area contributed by atoms with E-state index < -0.39 is 31.8 Å². The number of amides is 1. The number of hydrogen-bond acceptors (Lipinski definition) is 4. The van der Waals surface area contributed by atoms with E-state index in [1.165, 1.54) is 0 Å². The van der Waals surface area contributed by atoms with E-state index in [0.29, 0.717) is 0 Å². The fourth-order valence-corrected chi connectivity index (χ4v) is 2.37. The number of esters is 1. The lowest BCUT2D eigenvalue weighted by Gasteiger charge is -2.31. The van der Waals surface area contributed by atoms with Gasteiger partial charge < -0.3 is 14.8 Å². The van der Waals surface area contributed by atoms with Gasteiger partial charge in [0.15, 0.2) is 0 Å². The summed E-state index contributed by atoms with van der Waals surface area (Å²) in [4.78, 5) is 24.0. The molecule has 0 aromatic rings. The zero-order chi connectivity index (χ0) is 19.2. The van der Waals surface area contributed by atoms with Crippen LogP contribution < -0.4 is 5.32 Å². The molecule has 5 nitrogen and oxygen atoms in total. The van der Waals surface area contributed by atoms with Crippen molar-refractivity contribution in [3.05, 3.63) is 0 Å². The molecule has 0 rings (SSSR count). The van der Waals surface area contributed by atoms with Crippen LogP contribution in [-0.4, -0.2) is 38.4 Å². The Bertz CT molecular complexity index is 504.